The number of carbonyl (C=O) groups is 3. The Morgan fingerprint density at radius 2 is 1.67 bits per heavy atom. The molecule has 2 N–H and O–H groups in total. The molecule has 27 heavy (non-hydrogen) atoms. The van der Waals surface area contributed by atoms with Crippen molar-refractivity contribution in [2.45, 2.75) is 38.6 Å². The number of nitrogens with two attached hydrogens (primary N) is 1. The van der Waals surface area contributed by atoms with Gasteiger partial charge in [-0.15, -0.1) is 12.4 Å². The van der Waals surface area contributed by atoms with Crippen molar-refractivity contribution < 1.29 is 14.4 Å². The summed E-state index contributed by atoms with van der Waals surface area (Å²) in [6.07, 6.45) is 4.19. The number of carbonyl (C=O) groups excluding carboxylic acids is 3. The number of imide groups is 1. The predicted octanol–water partition coefficient (Wildman–Crippen LogP) is 1.96. The van der Waals surface area contributed by atoms with Crippen molar-refractivity contribution >= 4 is 30.1 Å². The smallest absolute Gasteiger partial charge is 0.243 e. The zero-order valence-corrected chi connectivity index (χ0v) is 16.3. The van der Waals surface area contributed by atoms with E-state index in [4.69, 9.17) is 5.73 Å². The molecular weight excluding hydrogens is 366 g/mol. The molecule has 0 radical (unpaired) electrons. The third-order valence-corrected chi connectivity index (χ3v) is 5.43. The Morgan fingerprint density at radius 1 is 1.07 bits per heavy atom. The molecule has 1 saturated carbocycles. The monoisotopic (exact) mass is 393 g/mol. The molecule has 1 aliphatic heterocycles. The Bertz CT molecular complexity index is 644. The maximum absolute atomic E-state index is 12.8. The molecule has 2 atom stereocenters. The molecule has 2 fully saturated rings. The zero-order valence-electron chi connectivity index (χ0n) is 15.5. The number of fused-ring (bicyclic) bond motifs is 1. The summed E-state index contributed by atoms with van der Waals surface area (Å²) in [6.45, 7) is 1.32. The molecule has 0 spiro atoms. The summed E-state index contributed by atoms with van der Waals surface area (Å²) in [5.74, 6) is -0.938. The third kappa shape index (κ3) is 4.87. The van der Waals surface area contributed by atoms with Crippen molar-refractivity contribution in [2.75, 3.05) is 19.6 Å². The van der Waals surface area contributed by atoms with E-state index in [2.05, 4.69) is 0 Å². The van der Waals surface area contributed by atoms with Crippen LogP contribution >= 0.6 is 12.4 Å². The van der Waals surface area contributed by atoms with E-state index < -0.39 is 0 Å². The highest BCUT2D eigenvalue weighted by molar-refractivity contribution is 6.07. The van der Waals surface area contributed by atoms with Crippen LogP contribution in [0.15, 0.2) is 30.3 Å². The normalized spacial score (nSPS) is 21.6. The van der Waals surface area contributed by atoms with Gasteiger partial charge >= 0.3 is 0 Å². The van der Waals surface area contributed by atoms with Gasteiger partial charge in [-0.3, -0.25) is 19.3 Å². The van der Waals surface area contributed by atoms with Gasteiger partial charge in [-0.1, -0.05) is 43.2 Å². The topological polar surface area (TPSA) is 83.7 Å². The first-order chi connectivity index (χ1) is 12.6. The molecule has 0 bridgehead atoms. The summed E-state index contributed by atoms with van der Waals surface area (Å²) in [5, 5.41) is 0. The second kappa shape index (κ2) is 9.85. The first-order valence-electron chi connectivity index (χ1n) is 9.49. The van der Waals surface area contributed by atoms with Crippen LogP contribution in [0.25, 0.3) is 0 Å². The molecule has 7 heteroatoms. The lowest BCUT2D eigenvalue weighted by molar-refractivity contribution is -0.146. The third-order valence-electron chi connectivity index (χ3n) is 5.43. The number of rotatable bonds is 7. The Kier molecular flexibility index (Phi) is 7.80. The Balaban J connectivity index is 0.00000261. The number of benzene rings is 1. The van der Waals surface area contributed by atoms with E-state index in [0.717, 1.165) is 31.2 Å². The number of likely N-dealkylation sites (tertiary alicyclic amines) is 1. The van der Waals surface area contributed by atoms with E-state index >= 15 is 0 Å². The summed E-state index contributed by atoms with van der Waals surface area (Å²) in [7, 11) is 0. The van der Waals surface area contributed by atoms with E-state index in [-0.39, 0.29) is 48.5 Å². The van der Waals surface area contributed by atoms with Crippen LogP contribution < -0.4 is 5.73 Å². The average Bonchev–Trinajstić information content (AvgIpc) is 2.91. The van der Waals surface area contributed by atoms with Gasteiger partial charge in [0.25, 0.3) is 0 Å². The van der Waals surface area contributed by atoms with Crippen molar-refractivity contribution in [3.05, 3.63) is 35.9 Å². The molecule has 1 aromatic carbocycles. The largest absolute Gasteiger partial charge is 0.337 e. The predicted molar refractivity (Wildman–Crippen MR) is 105 cm³/mol. The van der Waals surface area contributed by atoms with Crippen LogP contribution in [0, 0.1) is 11.8 Å². The first kappa shape index (κ1) is 21.4. The maximum atomic E-state index is 12.8. The van der Waals surface area contributed by atoms with Crippen LogP contribution in [-0.4, -0.2) is 47.2 Å². The fraction of sp³-hybridized carbons (Fsp3) is 0.550. The molecule has 1 saturated heterocycles. The van der Waals surface area contributed by atoms with Crippen LogP contribution in [0.1, 0.15) is 37.7 Å². The van der Waals surface area contributed by atoms with Crippen LogP contribution in [-0.2, 0) is 20.9 Å². The van der Waals surface area contributed by atoms with E-state index in [0.29, 0.717) is 26.1 Å². The summed E-state index contributed by atoms with van der Waals surface area (Å²) in [6, 6.07) is 9.71. The van der Waals surface area contributed by atoms with Gasteiger partial charge in [-0.25, -0.2) is 0 Å². The van der Waals surface area contributed by atoms with Gasteiger partial charge in [0.1, 0.15) is 6.54 Å². The van der Waals surface area contributed by atoms with Gasteiger partial charge in [0.2, 0.25) is 17.7 Å². The summed E-state index contributed by atoms with van der Waals surface area (Å²) < 4.78 is 0. The minimum atomic E-state index is -0.212. The summed E-state index contributed by atoms with van der Waals surface area (Å²) >= 11 is 0. The standard InChI is InChI=1S/C20H27N3O3.ClH/c21-11-6-12-22(13-15-7-2-1-3-8-15)18(24)14-23-19(25)16-9-4-5-10-17(16)20(23)26;/h1-3,7-8,16-17H,4-6,9-14,21H2;1H. The molecule has 6 nitrogen and oxygen atoms in total. The van der Waals surface area contributed by atoms with Crippen LogP contribution in [0.5, 0.6) is 0 Å². The molecule has 1 aromatic rings. The maximum Gasteiger partial charge on any atom is 0.243 e. The van der Waals surface area contributed by atoms with Gasteiger partial charge < -0.3 is 10.6 Å². The quantitative estimate of drug-likeness (QED) is 0.718. The fourth-order valence-corrected chi connectivity index (χ4v) is 4.00. The SMILES string of the molecule is Cl.NCCCN(Cc1ccccc1)C(=O)CN1C(=O)C2CCCCC2C1=O. The van der Waals surface area contributed by atoms with Crippen LogP contribution in [0.4, 0.5) is 0 Å². The molecule has 148 valence electrons. The Hall–Kier alpha value is -1.92. The van der Waals surface area contributed by atoms with Crippen molar-refractivity contribution in [1.82, 2.24) is 9.80 Å². The highest BCUT2D eigenvalue weighted by Crippen LogP contribution is 2.37. The van der Waals surface area contributed by atoms with Crippen LogP contribution in [0.3, 0.4) is 0 Å². The van der Waals surface area contributed by atoms with E-state index in [1.165, 1.54) is 4.90 Å². The lowest BCUT2D eigenvalue weighted by atomic mass is 9.81. The fourth-order valence-electron chi connectivity index (χ4n) is 4.00. The molecule has 2 unspecified atom stereocenters. The van der Waals surface area contributed by atoms with Gasteiger partial charge in [0.15, 0.2) is 0 Å². The summed E-state index contributed by atoms with van der Waals surface area (Å²) in [5.41, 5.74) is 6.62. The van der Waals surface area contributed by atoms with Crippen molar-refractivity contribution in [3.63, 3.8) is 0 Å². The molecule has 0 aromatic heterocycles. The first-order valence-corrected chi connectivity index (χ1v) is 9.49. The van der Waals surface area contributed by atoms with Gasteiger partial charge in [0.05, 0.1) is 11.8 Å². The van der Waals surface area contributed by atoms with Crippen molar-refractivity contribution in [2.24, 2.45) is 17.6 Å². The molecule has 1 aliphatic carbocycles. The minimum absolute atomic E-state index is 0. The van der Waals surface area contributed by atoms with Gasteiger partial charge in [-0.2, -0.15) is 0 Å². The highest BCUT2D eigenvalue weighted by Gasteiger charge is 2.48. The van der Waals surface area contributed by atoms with Gasteiger partial charge in [-0.05, 0) is 31.4 Å². The van der Waals surface area contributed by atoms with Gasteiger partial charge in [0, 0.05) is 13.1 Å². The Morgan fingerprint density at radius 3 is 2.22 bits per heavy atom. The van der Waals surface area contributed by atoms with E-state index in [1.54, 1.807) is 4.90 Å². The van der Waals surface area contributed by atoms with Crippen LogP contribution in [0.2, 0.25) is 0 Å². The zero-order chi connectivity index (χ0) is 18.5. The molecule has 3 amide bonds. The number of nitrogens with zero attached hydrogens (tertiary/aromatic N) is 2. The van der Waals surface area contributed by atoms with E-state index in [9.17, 15) is 14.4 Å². The second-order valence-corrected chi connectivity index (χ2v) is 7.20. The minimum Gasteiger partial charge on any atom is -0.337 e. The Labute approximate surface area is 166 Å². The lowest BCUT2D eigenvalue weighted by Crippen LogP contribution is -2.43. The highest BCUT2D eigenvalue weighted by atomic mass is 35.5. The second-order valence-electron chi connectivity index (χ2n) is 7.20. The number of halogens is 1. The lowest BCUT2D eigenvalue weighted by Gasteiger charge is -2.25. The van der Waals surface area contributed by atoms with Crippen molar-refractivity contribution in [3.8, 4) is 0 Å². The number of amides is 3. The molecule has 2 aliphatic rings. The van der Waals surface area contributed by atoms with Crippen molar-refractivity contribution in [1.29, 1.82) is 0 Å². The van der Waals surface area contributed by atoms with E-state index in [1.807, 2.05) is 30.3 Å². The molecule has 1 heterocycles. The molecule has 3 rings (SSSR count). The summed E-state index contributed by atoms with van der Waals surface area (Å²) in [4.78, 5) is 40.9. The molecular formula is C20H28ClN3O3. The number of hydrogen-bond acceptors (Lipinski definition) is 4. The number of hydrogen-bond donors (Lipinski definition) is 1. The average molecular weight is 394 g/mol.